The van der Waals surface area contributed by atoms with E-state index in [2.05, 4.69) is 28.2 Å². The number of hydrogen-bond acceptors (Lipinski definition) is 2. The third-order valence-corrected chi connectivity index (χ3v) is 4.40. The number of nitrogens with one attached hydrogen (secondary N) is 1. The van der Waals surface area contributed by atoms with Gasteiger partial charge in [-0.25, -0.2) is 0 Å². The Balaban J connectivity index is 1.91. The van der Waals surface area contributed by atoms with E-state index >= 15 is 0 Å². The fourth-order valence-electron chi connectivity index (χ4n) is 2.30. The zero-order valence-corrected chi connectivity index (χ0v) is 15.2. The van der Waals surface area contributed by atoms with Gasteiger partial charge in [0.05, 0.1) is 11.6 Å². The van der Waals surface area contributed by atoms with Crippen molar-refractivity contribution in [1.29, 1.82) is 0 Å². The molecule has 0 saturated carbocycles. The molecule has 0 aliphatic carbocycles. The fourth-order valence-corrected chi connectivity index (χ4v) is 2.86. The molecule has 3 N–H and O–H groups in total. The lowest BCUT2D eigenvalue weighted by molar-refractivity contribution is -0.682. The first-order valence-corrected chi connectivity index (χ1v) is 8.33. The van der Waals surface area contributed by atoms with Crippen molar-refractivity contribution >= 4 is 27.5 Å². The monoisotopic (exact) mass is 377 g/mol. The quantitative estimate of drug-likeness (QED) is 0.812. The summed E-state index contributed by atoms with van der Waals surface area (Å²) in [6, 6.07) is 13.9. The van der Waals surface area contributed by atoms with Gasteiger partial charge >= 0.3 is 0 Å². The highest BCUT2D eigenvalue weighted by atomic mass is 79.9. The van der Waals surface area contributed by atoms with E-state index in [1.165, 1.54) is 0 Å². The predicted octanol–water partition coefficient (Wildman–Crippen LogP) is 3.03. The number of para-hydroxylation sites is 1. The van der Waals surface area contributed by atoms with Gasteiger partial charge in [-0.2, -0.15) is 0 Å². The molecule has 0 bridgehead atoms. The summed E-state index contributed by atoms with van der Waals surface area (Å²) in [6.07, 6.45) is 0. The van der Waals surface area contributed by atoms with Crippen LogP contribution in [-0.2, 0) is 4.79 Å². The minimum atomic E-state index is -0.00118. The summed E-state index contributed by atoms with van der Waals surface area (Å²) in [5.41, 5.74) is 3.07. The smallest absolute Gasteiger partial charge is 0.279 e. The van der Waals surface area contributed by atoms with Crippen molar-refractivity contribution in [2.75, 3.05) is 19.0 Å². The van der Waals surface area contributed by atoms with E-state index < -0.39 is 0 Å². The maximum atomic E-state index is 12.1. The Morgan fingerprint density at radius 2 is 2.04 bits per heavy atom. The minimum Gasteiger partial charge on any atom is -0.496 e. The van der Waals surface area contributed by atoms with Crippen LogP contribution in [0.4, 0.5) is 5.69 Å². The van der Waals surface area contributed by atoms with Crippen LogP contribution in [0.15, 0.2) is 46.9 Å². The topological polar surface area (TPSA) is 54.9 Å². The third-order valence-electron chi connectivity index (χ3n) is 3.78. The second-order valence-electron chi connectivity index (χ2n) is 5.49. The molecular weight excluding hydrogens is 356 g/mol. The van der Waals surface area contributed by atoms with Crippen LogP contribution in [0.2, 0.25) is 0 Å². The van der Waals surface area contributed by atoms with Crippen LogP contribution >= 0.6 is 15.9 Å². The number of halogens is 1. The van der Waals surface area contributed by atoms with Gasteiger partial charge < -0.3 is 15.4 Å². The molecule has 0 unspecified atom stereocenters. The number of rotatable bonds is 6. The number of ether oxygens (including phenoxy) is 1. The van der Waals surface area contributed by atoms with E-state index in [1.54, 1.807) is 7.11 Å². The van der Waals surface area contributed by atoms with Crippen molar-refractivity contribution < 1.29 is 14.8 Å². The van der Waals surface area contributed by atoms with E-state index in [0.717, 1.165) is 27.0 Å². The second-order valence-corrected chi connectivity index (χ2v) is 6.34. The lowest BCUT2D eigenvalue weighted by atomic mass is 10.1. The summed E-state index contributed by atoms with van der Waals surface area (Å²) in [5, 5.41) is 4.96. The molecule has 0 fully saturated rings. The first kappa shape index (κ1) is 17.5. The Hall–Kier alpha value is -1.85. The molecule has 0 saturated heterocycles. The van der Waals surface area contributed by atoms with Crippen LogP contribution in [-0.4, -0.2) is 19.6 Å². The fraction of sp³-hybridized carbons (Fsp3) is 0.278. The first-order valence-electron chi connectivity index (χ1n) is 7.53. The van der Waals surface area contributed by atoms with Crippen LogP contribution < -0.4 is 15.4 Å². The van der Waals surface area contributed by atoms with Crippen molar-refractivity contribution in [3.05, 3.63) is 58.1 Å². The van der Waals surface area contributed by atoms with Gasteiger partial charge in [-0.1, -0.05) is 18.2 Å². The Kier molecular flexibility index (Phi) is 6.19. The van der Waals surface area contributed by atoms with E-state index in [9.17, 15) is 4.79 Å². The number of quaternary nitrogens is 1. The summed E-state index contributed by atoms with van der Waals surface area (Å²) >= 11 is 3.49. The van der Waals surface area contributed by atoms with Crippen molar-refractivity contribution in [2.45, 2.75) is 19.9 Å². The molecular formula is C18H22BrN2O2+. The normalized spacial score (nSPS) is 11.8. The van der Waals surface area contributed by atoms with Gasteiger partial charge in [0.15, 0.2) is 6.54 Å². The maximum absolute atomic E-state index is 12.1. The number of carbonyl (C=O) groups is 1. The summed E-state index contributed by atoms with van der Waals surface area (Å²) in [7, 11) is 1.64. The number of amides is 1. The Bertz CT molecular complexity index is 688. The van der Waals surface area contributed by atoms with Crippen LogP contribution in [0.5, 0.6) is 5.75 Å². The van der Waals surface area contributed by atoms with E-state index in [1.807, 2.05) is 54.7 Å². The molecule has 0 aliphatic heterocycles. The Labute approximate surface area is 145 Å². The highest BCUT2D eigenvalue weighted by molar-refractivity contribution is 9.10. The standard InChI is InChI=1S/C18H21BrN2O2/c1-12-6-4-5-7-16(12)21-18(22)11-20-13(2)14-8-9-17(23-3)15(19)10-14/h4-10,13,20H,11H2,1-3H3,(H,21,22)/p+1/t13-/m0/s1. The number of benzene rings is 2. The summed E-state index contributed by atoms with van der Waals surface area (Å²) < 4.78 is 6.15. The zero-order chi connectivity index (χ0) is 16.8. The summed E-state index contributed by atoms with van der Waals surface area (Å²) in [6.45, 7) is 4.44. The van der Waals surface area contributed by atoms with Crippen molar-refractivity contribution in [3.8, 4) is 5.75 Å². The average molecular weight is 378 g/mol. The number of hydrogen-bond donors (Lipinski definition) is 2. The average Bonchev–Trinajstić information content (AvgIpc) is 2.54. The Morgan fingerprint density at radius 3 is 2.70 bits per heavy atom. The molecule has 23 heavy (non-hydrogen) atoms. The van der Waals surface area contributed by atoms with Gasteiger partial charge in [0, 0.05) is 11.3 Å². The van der Waals surface area contributed by atoms with Gasteiger partial charge in [0.2, 0.25) is 0 Å². The SMILES string of the molecule is COc1ccc([C@H](C)[NH2+]CC(=O)Nc2ccccc2C)cc1Br. The molecule has 122 valence electrons. The summed E-state index contributed by atoms with van der Waals surface area (Å²) in [5.74, 6) is 0.803. The van der Waals surface area contributed by atoms with Crippen LogP contribution in [0.3, 0.4) is 0 Å². The molecule has 2 aromatic rings. The number of methoxy groups -OCH3 is 1. The third kappa shape index (κ3) is 4.81. The van der Waals surface area contributed by atoms with Crippen LogP contribution in [0.1, 0.15) is 24.1 Å². The molecule has 2 aromatic carbocycles. The van der Waals surface area contributed by atoms with Gasteiger partial charge in [-0.15, -0.1) is 0 Å². The van der Waals surface area contributed by atoms with E-state index in [0.29, 0.717) is 6.54 Å². The molecule has 5 heteroatoms. The van der Waals surface area contributed by atoms with Crippen molar-refractivity contribution in [1.82, 2.24) is 0 Å². The van der Waals surface area contributed by atoms with Gasteiger partial charge in [-0.3, -0.25) is 4.79 Å². The Morgan fingerprint density at radius 1 is 1.30 bits per heavy atom. The molecule has 1 amide bonds. The number of anilines is 1. The van der Waals surface area contributed by atoms with E-state index in [-0.39, 0.29) is 11.9 Å². The minimum absolute atomic E-state index is 0.00118. The molecule has 4 nitrogen and oxygen atoms in total. The van der Waals surface area contributed by atoms with Gasteiger partial charge in [0.25, 0.3) is 5.91 Å². The molecule has 0 heterocycles. The van der Waals surface area contributed by atoms with E-state index in [4.69, 9.17) is 4.74 Å². The van der Waals surface area contributed by atoms with Crippen LogP contribution in [0.25, 0.3) is 0 Å². The largest absolute Gasteiger partial charge is 0.496 e. The molecule has 2 rings (SSSR count). The number of aryl methyl sites for hydroxylation is 1. The highest BCUT2D eigenvalue weighted by Gasteiger charge is 2.13. The molecule has 0 spiro atoms. The van der Waals surface area contributed by atoms with Crippen molar-refractivity contribution in [3.63, 3.8) is 0 Å². The first-order chi connectivity index (χ1) is 11.0. The highest BCUT2D eigenvalue weighted by Crippen LogP contribution is 2.27. The lowest BCUT2D eigenvalue weighted by Gasteiger charge is -2.13. The van der Waals surface area contributed by atoms with Crippen LogP contribution in [0, 0.1) is 6.92 Å². The lowest BCUT2D eigenvalue weighted by Crippen LogP contribution is -2.86. The number of carbonyl (C=O) groups excluding carboxylic acids is 1. The van der Waals surface area contributed by atoms with Gasteiger partial charge in [-0.05, 0) is 59.6 Å². The molecule has 0 aliphatic rings. The molecule has 0 aromatic heterocycles. The maximum Gasteiger partial charge on any atom is 0.279 e. The summed E-state index contributed by atoms with van der Waals surface area (Å²) in [4.78, 5) is 12.1. The molecule has 1 atom stereocenters. The van der Waals surface area contributed by atoms with Crippen molar-refractivity contribution in [2.24, 2.45) is 0 Å². The number of nitrogens with two attached hydrogens (primary N) is 1. The molecule has 0 radical (unpaired) electrons. The zero-order valence-electron chi connectivity index (χ0n) is 13.6. The van der Waals surface area contributed by atoms with Gasteiger partial charge in [0.1, 0.15) is 11.8 Å². The second kappa shape index (κ2) is 8.13. The predicted molar refractivity (Wildman–Crippen MR) is 95.7 cm³/mol.